The first-order chi connectivity index (χ1) is 12.5. The second-order valence-corrected chi connectivity index (χ2v) is 5.52. The molecule has 2 N–H and O–H groups in total. The molecule has 0 aliphatic heterocycles. The lowest BCUT2D eigenvalue weighted by Crippen LogP contribution is -2.37. The van der Waals surface area contributed by atoms with Crippen LogP contribution in [0.25, 0.3) is 0 Å². The SMILES string of the molecule is CCNC(=O)C(=O)N/N=C\c1ccc(OCc2c(F)cccc2Cl)cc1. The van der Waals surface area contributed by atoms with Crippen molar-refractivity contribution in [3.8, 4) is 5.75 Å². The Balaban J connectivity index is 1.89. The molecular weight excluding hydrogens is 361 g/mol. The zero-order valence-electron chi connectivity index (χ0n) is 14.0. The number of halogens is 2. The molecule has 2 aromatic rings. The lowest BCUT2D eigenvalue weighted by Gasteiger charge is -2.08. The average molecular weight is 378 g/mol. The van der Waals surface area contributed by atoms with Gasteiger partial charge in [0.15, 0.2) is 0 Å². The number of carbonyl (C=O) groups is 2. The van der Waals surface area contributed by atoms with Gasteiger partial charge in [0, 0.05) is 12.1 Å². The molecule has 8 heteroatoms. The van der Waals surface area contributed by atoms with Gasteiger partial charge in [-0.05, 0) is 48.9 Å². The van der Waals surface area contributed by atoms with Crippen LogP contribution >= 0.6 is 11.6 Å². The van der Waals surface area contributed by atoms with Gasteiger partial charge in [0.1, 0.15) is 18.2 Å². The number of amides is 2. The molecule has 0 radical (unpaired) electrons. The first kappa shape index (κ1) is 19.4. The van der Waals surface area contributed by atoms with Crippen molar-refractivity contribution < 1.29 is 18.7 Å². The number of nitrogens with one attached hydrogen (secondary N) is 2. The summed E-state index contributed by atoms with van der Waals surface area (Å²) in [5.41, 5.74) is 3.08. The summed E-state index contributed by atoms with van der Waals surface area (Å²) in [6, 6.07) is 11.2. The van der Waals surface area contributed by atoms with E-state index in [1.165, 1.54) is 18.3 Å². The second-order valence-electron chi connectivity index (χ2n) is 5.12. The summed E-state index contributed by atoms with van der Waals surface area (Å²) in [6.07, 6.45) is 1.38. The molecular formula is C18H17ClFN3O3. The normalized spacial score (nSPS) is 10.6. The van der Waals surface area contributed by atoms with Crippen LogP contribution in [0.3, 0.4) is 0 Å². The average Bonchev–Trinajstić information content (AvgIpc) is 2.62. The van der Waals surface area contributed by atoms with Gasteiger partial charge >= 0.3 is 11.8 Å². The number of carbonyl (C=O) groups excluding carboxylic acids is 2. The van der Waals surface area contributed by atoms with Crippen molar-refractivity contribution in [3.05, 3.63) is 64.4 Å². The number of hydrogen-bond donors (Lipinski definition) is 2. The lowest BCUT2D eigenvalue weighted by molar-refractivity contribution is -0.139. The van der Waals surface area contributed by atoms with E-state index in [0.717, 1.165) is 0 Å². The van der Waals surface area contributed by atoms with E-state index < -0.39 is 17.6 Å². The van der Waals surface area contributed by atoms with Gasteiger partial charge in [-0.1, -0.05) is 17.7 Å². The summed E-state index contributed by atoms with van der Waals surface area (Å²) < 4.78 is 19.2. The summed E-state index contributed by atoms with van der Waals surface area (Å²) in [5.74, 6) is -1.50. The summed E-state index contributed by atoms with van der Waals surface area (Å²) in [5, 5.41) is 6.36. The van der Waals surface area contributed by atoms with Gasteiger partial charge in [-0.15, -0.1) is 0 Å². The van der Waals surface area contributed by atoms with Gasteiger partial charge in [0.05, 0.1) is 11.2 Å². The van der Waals surface area contributed by atoms with E-state index in [4.69, 9.17) is 16.3 Å². The van der Waals surface area contributed by atoms with Gasteiger partial charge in [0.25, 0.3) is 0 Å². The molecule has 6 nitrogen and oxygen atoms in total. The zero-order chi connectivity index (χ0) is 18.9. The molecule has 0 heterocycles. The van der Waals surface area contributed by atoms with Crippen molar-refractivity contribution in [3.63, 3.8) is 0 Å². The Morgan fingerprint density at radius 3 is 2.58 bits per heavy atom. The van der Waals surface area contributed by atoms with Crippen LogP contribution in [0.1, 0.15) is 18.1 Å². The third-order valence-electron chi connectivity index (χ3n) is 3.25. The number of likely N-dealkylation sites (N-methyl/N-ethyl adjacent to an activating group) is 1. The quantitative estimate of drug-likeness (QED) is 0.461. The monoisotopic (exact) mass is 377 g/mol. The Morgan fingerprint density at radius 2 is 1.92 bits per heavy atom. The highest BCUT2D eigenvalue weighted by Crippen LogP contribution is 2.21. The van der Waals surface area contributed by atoms with Crippen LogP contribution in [0.5, 0.6) is 5.75 Å². The van der Waals surface area contributed by atoms with Gasteiger partial charge < -0.3 is 10.1 Å². The maximum Gasteiger partial charge on any atom is 0.329 e. The maximum atomic E-state index is 13.7. The molecule has 0 aliphatic rings. The molecule has 0 atom stereocenters. The summed E-state index contributed by atoms with van der Waals surface area (Å²) in [4.78, 5) is 22.6. The molecule has 0 unspecified atom stereocenters. The minimum atomic E-state index is -0.843. The molecule has 2 amide bonds. The summed E-state index contributed by atoms with van der Waals surface area (Å²) in [6.45, 7) is 2.06. The smallest absolute Gasteiger partial charge is 0.329 e. The molecule has 26 heavy (non-hydrogen) atoms. The van der Waals surface area contributed by atoms with Crippen molar-refractivity contribution in [1.82, 2.24) is 10.7 Å². The molecule has 0 saturated heterocycles. The fraction of sp³-hybridized carbons (Fsp3) is 0.167. The molecule has 0 aliphatic carbocycles. The third kappa shape index (κ3) is 5.56. The van der Waals surface area contributed by atoms with Crippen LogP contribution in [-0.2, 0) is 16.2 Å². The molecule has 2 rings (SSSR count). The van der Waals surface area contributed by atoms with Crippen LogP contribution in [0.4, 0.5) is 4.39 Å². The van der Waals surface area contributed by atoms with Gasteiger partial charge in [-0.3, -0.25) is 9.59 Å². The number of ether oxygens (including phenoxy) is 1. The van der Waals surface area contributed by atoms with Crippen molar-refractivity contribution in [2.24, 2.45) is 5.10 Å². The highest BCUT2D eigenvalue weighted by Gasteiger charge is 2.10. The van der Waals surface area contributed by atoms with Crippen molar-refractivity contribution in [2.45, 2.75) is 13.5 Å². The number of rotatable bonds is 6. The van der Waals surface area contributed by atoms with E-state index in [2.05, 4.69) is 15.8 Å². The number of hydrazone groups is 1. The van der Waals surface area contributed by atoms with E-state index in [1.807, 2.05) is 0 Å². The standard InChI is InChI=1S/C18H17ClFN3O3/c1-2-21-17(24)18(25)23-22-10-12-6-8-13(9-7-12)26-11-14-15(19)4-3-5-16(14)20/h3-10H,2,11H2,1H3,(H,21,24)(H,23,25)/b22-10-. The molecule has 2 aromatic carbocycles. The van der Waals surface area contributed by atoms with Gasteiger partial charge in [-0.2, -0.15) is 5.10 Å². The van der Waals surface area contributed by atoms with Crippen molar-refractivity contribution in [2.75, 3.05) is 6.54 Å². The topological polar surface area (TPSA) is 79.8 Å². The van der Waals surface area contributed by atoms with E-state index in [9.17, 15) is 14.0 Å². The molecule has 0 saturated carbocycles. The Bertz CT molecular complexity index is 790. The zero-order valence-corrected chi connectivity index (χ0v) is 14.7. The Labute approximate surface area is 155 Å². The third-order valence-corrected chi connectivity index (χ3v) is 3.60. The molecule has 0 fully saturated rings. The second kappa shape index (κ2) is 9.53. The van der Waals surface area contributed by atoms with Crippen LogP contribution < -0.4 is 15.5 Å². The van der Waals surface area contributed by atoms with Gasteiger partial charge in [-0.25, -0.2) is 9.82 Å². The number of benzene rings is 2. The first-order valence-corrected chi connectivity index (χ1v) is 8.16. The van der Waals surface area contributed by atoms with Crippen LogP contribution in [0.2, 0.25) is 5.02 Å². The highest BCUT2D eigenvalue weighted by molar-refractivity contribution is 6.35. The Morgan fingerprint density at radius 1 is 1.19 bits per heavy atom. The predicted octanol–water partition coefficient (Wildman–Crippen LogP) is 2.64. The Kier molecular flexibility index (Phi) is 7.11. The van der Waals surface area contributed by atoms with Crippen LogP contribution in [0.15, 0.2) is 47.6 Å². The fourth-order valence-electron chi connectivity index (χ4n) is 1.93. The predicted molar refractivity (Wildman–Crippen MR) is 96.6 cm³/mol. The molecule has 136 valence electrons. The first-order valence-electron chi connectivity index (χ1n) is 7.78. The van der Waals surface area contributed by atoms with Gasteiger partial charge in [0.2, 0.25) is 0 Å². The minimum absolute atomic E-state index is 0.00153. The number of hydrogen-bond acceptors (Lipinski definition) is 4. The molecule has 0 aromatic heterocycles. The van der Waals surface area contributed by atoms with E-state index in [0.29, 0.717) is 22.9 Å². The van der Waals surface area contributed by atoms with E-state index in [-0.39, 0.29) is 12.2 Å². The number of nitrogens with zero attached hydrogens (tertiary/aromatic N) is 1. The summed E-state index contributed by atoms with van der Waals surface area (Å²) in [7, 11) is 0. The largest absolute Gasteiger partial charge is 0.489 e. The maximum absolute atomic E-state index is 13.7. The molecule has 0 bridgehead atoms. The van der Waals surface area contributed by atoms with Crippen LogP contribution in [-0.4, -0.2) is 24.6 Å². The lowest BCUT2D eigenvalue weighted by atomic mass is 10.2. The Hall–Kier alpha value is -2.93. The molecule has 0 spiro atoms. The minimum Gasteiger partial charge on any atom is -0.489 e. The van der Waals surface area contributed by atoms with E-state index in [1.54, 1.807) is 37.3 Å². The van der Waals surface area contributed by atoms with Crippen molar-refractivity contribution in [1.29, 1.82) is 0 Å². The van der Waals surface area contributed by atoms with Crippen LogP contribution in [0, 0.1) is 5.82 Å². The van der Waals surface area contributed by atoms with E-state index >= 15 is 0 Å². The summed E-state index contributed by atoms with van der Waals surface area (Å²) >= 11 is 5.95. The fourth-order valence-corrected chi connectivity index (χ4v) is 2.15. The van der Waals surface area contributed by atoms with Crippen molar-refractivity contribution >= 4 is 29.6 Å². The highest BCUT2D eigenvalue weighted by atomic mass is 35.5.